The molecule has 2 aliphatic rings. The number of nitrogen functional groups attached to an aromatic ring is 1. The number of anilines is 3. The van der Waals surface area contributed by atoms with E-state index in [9.17, 15) is 9.90 Å². The molecule has 0 unspecified atom stereocenters. The van der Waals surface area contributed by atoms with Gasteiger partial charge in [0.25, 0.3) is 0 Å². The third kappa shape index (κ3) is 6.77. The maximum atomic E-state index is 12.6. The Morgan fingerprint density at radius 2 is 1.83 bits per heavy atom. The van der Waals surface area contributed by atoms with Gasteiger partial charge in [-0.15, -0.1) is 10.2 Å². The standard InChI is InChI=1S/C30H36N8O3/c1-30(2,3)41-29(40)38-17-6-8-21(38)11-12-26-32-14-13-27(33-26)37-16-7-15-36(18-19-37)24-20-23(34-35-28(24)31)22-9-4-5-10-25(22)39/h4-5,9-10,13-14,20-21,39H,6-8,15-19H2,1-3H3,(H2,31,35)/t21-/m0/s1. The smallest absolute Gasteiger partial charge is 0.411 e. The van der Waals surface area contributed by atoms with Gasteiger partial charge in [-0.25, -0.2) is 14.8 Å². The second-order valence-corrected chi connectivity index (χ2v) is 11.2. The van der Waals surface area contributed by atoms with Crippen LogP contribution in [0, 0.1) is 11.8 Å². The van der Waals surface area contributed by atoms with Gasteiger partial charge in [0.1, 0.15) is 17.2 Å². The van der Waals surface area contributed by atoms with E-state index in [0.29, 0.717) is 42.5 Å². The maximum Gasteiger partial charge on any atom is 0.411 e. The van der Waals surface area contributed by atoms with Crippen LogP contribution in [-0.4, -0.2) is 80.6 Å². The minimum absolute atomic E-state index is 0.146. The fourth-order valence-corrected chi connectivity index (χ4v) is 5.04. The molecular formula is C30H36N8O3. The van der Waals surface area contributed by atoms with Crippen molar-refractivity contribution in [1.29, 1.82) is 0 Å². The van der Waals surface area contributed by atoms with Gasteiger partial charge in [0, 0.05) is 44.5 Å². The number of likely N-dealkylation sites (tertiary alicyclic amines) is 1. The Hall–Kier alpha value is -4.59. The van der Waals surface area contributed by atoms with Gasteiger partial charge in [0.15, 0.2) is 5.82 Å². The van der Waals surface area contributed by atoms with Crippen molar-refractivity contribution in [2.24, 2.45) is 0 Å². The van der Waals surface area contributed by atoms with E-state index in [1.165, 1.54) is 0 Å². The Morgan fingerprint density at radius 3 is 2.63 bits per heavy atom. The van der Waals surface area contributed by atoms with Crippen LogP contribution in [0.3, 0.4) is 0 Å². The predicted octanol–water partition coefficient (Wildman–Crippen LogP) is 3.69. The molecule has 2 saturated heterocycles. The quantitative estimate of drug-likeness (QED) is 0.460. The van der Waals surface area contributed by atoms with Crippen LogP contribution in [0.15, 0.2) is 42.6 Å². The number of aromatic nitrogens is 4. The number of carbonyl (C=O) groups is 1. The SMILES string of the molecule is CC(C)(C)OC(=O)N1CCC[C@H]1C#Cc1nccc(N2CCCN(c3cc(-c4ccccc4O)nnc3N)CC2)n1. The highest BCUT2D eigenvalue weighted by atomic mass is 16.6. The van der Waals surface area contributed by atoms with E-state index in [4.69, 9.17) is 15.5 Å². The third-order valence-corrected chi connectivity index (χ3v) is 7.01. The van der Waals surface area contributed by atoms with E-state index in [-0.39, 0.29) is 17.9 Å². The average Bonchev–Trinajstić information content (AvgIpc) is 3.28. The summed E-state index contributed by atoms with van der Waals surface area (Å²) in [7, 11) is 0. The second-order valence-electron chi connectivity index (χ2n) is 11.2. The molecule has 1 amide bonds. The Balaban J connectivity index is 1.27. The van der Waals surface area contributed by atoms with E-state index in [1.807, 2.05) is 39.0 Å². The number of aromatic hydroxyl groups is 1. The lowest BCUT2D eigenvalue weighted by molar-refractivity contribution is 0.0261. The number of hydrogen-bond donors (Lipinski definition) is 2. The highest BCUT2D eigenvalue weighted by molar-refractivity contribution is 5.74. The highest BCUT2D eigenvalue weighted by Gasteiger charge is 2.31. The molecule has 0 spiro atoms. The van der Waals surface area contributed by atoms with Crippen LogP contribution in [0.5, 0.6) is 5.75 Å². The number of rotatable bonds is 3. The number of nitrogens with zero attached hydrogens (tertiary/aromatic N) is 7. The number of para-hydroxylation sites is 1. The molecule has 0 aliphatic carbocycles. The largest absolute Gasteiger partial charge is 0.507 e. The Morgan fingerprint density at radius 1 is 1.05 bits per heavy atom. The van der Waals surface area contributed by atoms with Crippen LogP contribution in [0.4, 0.5) is 22.1 Å². The molecule has 3 N–H and O–H groups in total. The summed E-state index contributed by atoms with van der Waals surface area (Å²) in [6, 6.07) is 10.6. The van der Waals surface area contributed by atoms with Crippen LogP contribution in [0.2, 0.25) is 0 Å². The molecule has 0 radical (unpaired) electrons. The number of phenols is 1. The summed E-state index contributed by atoms with van der Waals surface area (Å²) in [5, 5.41) is 18.7. The molecule has 2 aromatic heterocycles. The molecule has 11 heteroatoms. The predicted molar refractivity (Wildman–Crippen MR) is 157 cm³/mol. The van der Waals surface area contributed by atoms with E-state index in [1.54, 1.807) is 29.3 Å². The van der Waals surface area contributed by atoms with Crippen LogP contribution >= 0.6 is 0 Å². The van der Waals surface area contributed by atoms with E-state index in [0.717, 1.165) is 43.9 Å². The number of benzene rings is 1. The summed E-state index contributed by atoms with van der Waals surface area (Å²) in [4.78, 5) is 27.8. The fourth-order valence-electron chi connectivity index (χ4n) is 5.04. The van der Waals surface area contributed by atoms with E-state index >= 15 is 0 Å². The minimum atomic E-state index is -0.551. The van der Waals surface area contributed by atoms with Crippen molar-refractivity contribution < 1.29 is 14.6 Å². The van der Waals surface area contributed by atoms with Crippen LogP contribution in [0.1, 0.15) is 45.9 Å². The van der Waals surface area contributed by atoms with Crippen molar-refractivity contribution >= 4 is 23.4 Å². The minimum Gasteiger partial charge on any atom is -0.507 e. The topological polar surface area (TPSA) is 134 Å². The van der Waals surface area contributed by atoms with Crippen molar-refractivity contribution in [3.63, 3.8) is 0 Å². The number of hydrogen-bond acceptors (Lipinski definition) is 10. The maximum absolute atomic E-state index is 12.6. The van der Waals surface area contributed by atoms with E-state index in [2.05, 4.69) is 36.8 Å². The summed E-state index contributed by atoms with van der Waals surface area (Å²) >= 11 is 0. The fraction of sp³-hybridized carbons (Fsp3) is 0.433. The van der Waals surface area contributed by atoms with Crippen molar-refractivity contribution in [3.05, 3.63) is 48.4 Å². The molecule has 214 valence electrons. The first-order chi connectivity index (χ1) is 19.7. The second kappa shape index (κ2) is 11.9. The van der Waals surface area contributed by atoms with Gasteiger partial charge in [-0.2, -0.15) is 0 Å². The molecule has 41 heavy (non-hydrogen) atoms. The number of amides is 1. The van der Waals surface area contributed by atoms with Crippen LogP contribution in [-0.2, 0) is 4.74 Å². The van der Waals surface area contributed by atoms with E-state index < -0.39 is 5.60 Å². The number of carbonyl (C=O) groups excluding carboxylic acids is 1. The molecule has 1 aromatic carbocycles. The summed E-state index contributed by atoms with van der Waals surface area (Å²) in [6.45, 7) is 9.22. The lowest BCUT2D eigenvalue weighted by atomic mass is 10.1. The van der Waals surface area contributed by atoms with Gasteiger partial charge in [-0.1, -0.05) is 18.1 Å². The Bertz CT molecular complexity index is 1460. The lowest BCUT2D eigenvalue weighted by Gasteiger charge is -2.26. The molecule has 2 aliphatic heterocycles. The molecular weight excluding hydrogens is 520 g/mol. The first-order valence-electron chi connectivity index (χ1n) is 13.9. The van der Waals surface area contributed by atoms with Crippen LogP contribution < -0.4 is 15.5 Å². The first kappa shape index (κ1) is 28.0. The Kier molecular flexibility index (Phi) is 8.10. The van der Waals surface area contributed by atoms with Gasteiger partial charge in [-0.3, -0.25) is 4.90 Å². The zero-order valence-corrected chi connectivity index (χ0v) is 23.7. The average molecular weight is 557 g/mol. The van der Waals surface area contributed by atoms with Crippen molar-refractivity contribution in [1.82, 2.24) is 25.1 Å². The van der Waals surface area contributed by atoms with Crippen molar-refractivity contribution in [2.75, 3.05) is 48.3 Å². The molecule has 3 aromatic rings. The number of phenolic OH excluding ortho intramolecular Hbond substituents is 1. The Labute approximate surface area is 240 Å². The molecule has 1 atom stereocenters. The number of ether oxygens (including phenoxy) is 1. The normalized spacial score (nSPS) is 17.5. The van der Waals surface area contributed by atoms with Gasteiger partial charge in [0.2, 0.25) is 5.82 Å². The summed E-state index contributed by atoms with van der Waals surface area (Å²) in [5.74, 6) is 8.01. The van der Waals surface area contributed by atoms with Crippen molar-refractivity contribution in [3.8, 4) is 28.8 Å². The summed E-state index contributed by atoms with van der Waals surface area (Å²) in [5.41, 5.74) is 7.66. The lowest BCUT2D eigenvalue weighted by Crippen LogP contribution is -2.39. The summed E-state index contributed by atoms with van der Waals surface area (Å²) in [6.07, 6.45) is 3.95. The zero-order valence-electron chi connectivity index (χ0n) is 23.7. The summed E-state index contributed by atoms with van der Waals surface area (Å²) < 4.78 is 5.55. The monoisotopic (exact) mass is 556 g/mol. The van der Waals surface area contributed by atoms with Crippen molar-refractivity contribution in [2.45, 2.75) is 51.7 Å². The van der Waals surface area contributed by atoms with Crippen LogP contribution in [0.25, 0.3) is 11.3 Å². The molecule has 5 rings (SSSR count). The van der Waals surface area contributed by atoms with Gasteiger partial charge in [0.05, 0.1) is 17.4 Å². The van der Waals surface area contributed by atoms with Gasteiger partial charge >= 0.3 is 6.09 Å². The first-order valence-corrected chi connectivity index (χ1v) is 13.9. The number of nitrogens with two attached hydrogens (primary N) is 1. The third-order valence-electron chi connectivity index (χ3n) is 7.01. The highest BCUT2D eigenvalue weighted by Crippen LogP contribution is 2.32. The molecule has 0 bridgehead atoms. The van der Waals surface area contributed by atoms with Gasteiger partial charge in [-0.05, 0) is 70.2 Å². The molecule has 11 nitrogen and oxygen atoms in total. The molecule has 4 heterocycles. The zero-order chi connectivity index (χ0) is 29.0. The molecule has 2 fully saturated rings. The van der Waals surface area contributed by atoms with Gasteiger partial charge < -0.3 is 25.4 Å². The molecule has 0 saturated carbocycles.